The Balaban J connectivity index is 2.05. The molecule has 1 unspecified atom stereocenters. The van der Waals surface area contributed by atoms with Crippen LogP contribution in [-0.4, -0.2) is 16.7 Å². The second-order valence-electron chi connectivity index (χ2n) is 6.10. The van der Waals surface area contributed by atoms with Crippen molar-refractivity contribution in [3.05, 3.63) is 68.7 Å². The third-order valence-corrected chi connectivity index (χ3v) is 4.44. The molecule has 1 atom stereocenters. The summed E-state index contributed by atoms with van der Waals surface area (Å²) in [5, 5.41) is 16.5. The second-order valence-corrected chi connectivity index (χ2v) is 6.51. The van der Waals surface area contributed by atoms with Crippen molar-refractivity contribution in [1.82, 2.24) is 5.32 Å². The number of carbonyl (C=O) groups is 2. The number of hydrogen-bond acceptors (Lipinski definition) is 4. The highest BCUT2D eigenvalue weighted by molar-refractivity contribution is 6.33. The van der Waals surface area contributed by atoms with Crippen molar-refractivity contribution in [2.75, 3.05) is 5.32 Å². The lowest BCUT2D eigenvalue weighted by molar-refractivity contribution is -0.384. The van der Waals surface area contributed by atoms with Crippen molar-refractivity contribution in [2.45, 2.75) is 26.8 Å². The normalized spacial score (nSPS) is 11.5. The van der Waals surface area contributed by atoms with Crippen LogP contribution >= 0.6 is 11.6 Å². The van der Waals surface area contributed by atoms with Crippen LogP contribution in [0.25, 0.3) is 0 Å². The Labute approximate surface area is 161 Å². The Bertz CT molecular complexity index is 870. The number of carbonyl (C=O) groups excluding carboxylic acids is 2. The first-order valence-electron chi connectivity index (χ1n) is 8.43. The number of nitro benzene ring substituents is 1. The molecule has 0 aliphatic rings. The van der Waals surface area contributed by atoms with Crippen molar-refractivity contribution in [3.8, 4) is 0 Å². The SMILES string of the molecule is CCC(C)C(=O)Nc1cccc(CNC(=O)c2cc([N+](=O)[O-])ccc2Cl)c1. The van der Waals surface area contributed by atoms with Crippen LogP contribution in [-0.2, 0) is 11.3 Å². The van der Waals surface area contributed by atoms with Crippen LogP contribution in [0.2, 0.25) is 5.02 Å². The fourth-order valence-electron chi connectivity index (χ4n) is 2.29. The summed E-state index contributed by atoms with van der Waals surface area (Å²) >= 11 is 5.97. The van der Waals surface area contributed by atoms with Gasteiger partial charge in [-0.2, -0.15) is 0 Å². The number of halogens is 1. The molecule has 2 aromatic carbocycles. The second kappa shape index (κ2) is 9.14. The molecule has 0 aliphatic carbocycles. The van der Waals surface area contributed by atoms with Crippen LogP contribution in [0.3, 0.4) is 0 Å². The van der Waals surface area contributed by atoms with Gasteiger partial charge in [0.2, 0.25) is 5.91 Å². The van der Waals surface area contributed by atoms with Gasteiger partial charge in [0.1, 0.15) is 0 Å². The third-order valence-electron chi connectivity index (χ3n) is 4.11. The van der Waals surface area contributed by atoms with E-state index in [4.69, 9.17) is 11.6 Å². The number of benzene rings is 2. The molecule has 8 heteroatoms. The highest BCUT2D eigenvalue weighted by Crippen LogP contribution is 2.22. The number of anilines is 1. The van der Waals surface area contributed by atoms with E-state index in [0.717, 1.165) is 18.1 Å². The summed E-state index contributed by atoms with van der Waals surface area (Å²) in [5.41, 5.74) is 1.23. The lowest BCUT2D eigenvalue weighted by Gasteiger charge is -2.12. The van der Waals surface area contributed by atoms with Crippen molar-refractivity contribution < 1.29 is 14.5 Å². The summed E-state index contributed by atoms with van der Waals surface area (Å²) in [7, 11) is 0. The third kappa shape index (κ3) is 5.52. The van der Waals surface area contributed by atoms with Gasteiger partial charge in [0, 0.05) is 30.3 Å². The summed E-state index contributed by atoms with van der Waals surface area (Å²) in [6, 6.07) is 10.8. The maximum Gasteiger partial charge on any atom is 0.270 e. The fraction of sp³-hybridized carbons (Fsp3) is 0.263. The standard InChI is InChI=1S/C19H20ClN3O4/c1-3-12(2)18(24)22-14-6-4-5-13(9-14)11-21-19(25)16-10-15(23(26)27)7-8-17(16)20/h4-10,12H,3,11H2,1-2H3,(H,21,25)(H,22,24). The number of hydrogen-bond donors (Lipinski definition) is 2. The van der Waals surface area contributed by atoms with E-state index in [1.54, 1.807) is 24.3 Å². The predicted molar refractivity (Wildman–Crippen MR) is 104 cm³/mol. The van der Waals surface area contributed by atoms with Crippen molar-refractivity contribution in [2.24, 2.45) is 5.92 Å². The first-order valence-corrected chi connectivity index (χ1v) is 8.81. The van der Waals surface area contributed by atoms with Gasteiger partial charge in [0.15, 0.2) is 0 Å². The van der Waals surface area contributed by atoms with Crippen LogP contribution in [0.1, 0.15) is 36.2 Å². The first kappa shape index (κ1) is 20.4. The van der Waals surface area contributed by atoms with Crippen LogP contribution in [0, 0.1) is 16.0 Å². The summed E-state index contributed by atoms with van der Waals surface area (Å²) in [6.45, 7) is 3.97. The zero-order valence-corrected chi connectivity index (χ0v) is 15.7. The largest absolute Gasteiger partial charge is 0.348 e. The monoisotopic (exact) mass is 389 g/mol. The number of amides is 2. The van der Waals surface area contributed by atoms with E-state index in [0.29, 0.717) is 5.69 Å². The first-order chi connectivity index (χ1) is 12.8. The molecule has 2 N–H and O–H groups in total. The molecule has 0 radical (unpaired) electrons. The summed E-state index contributed by atoms with van der Waals surface area (Å²) < 4.78 is 0. The topological polar surface area (TPSA) is 101 Å². The molecule has 0 fully saturated rings. The van der Waals surface area contributed by atoms with E-state index in [-0.39, 0.29) is 34.6 Å². The summed E-state index contributed by atoms with van der Waals surface area (Å²) in [5.74, 6) is -0.677. The quantitative estimate of drug-likeness (QED) is 0.548. The fourth-order valence-corrected chi connectivity index (χ4v) is 2.49. The number of rotatable bonds is 7. The van der Waals surface area contributed by atoms with Gasteiger partial charge in [-0.15, -0.1) is 0 Å². The zero-order chi connectivity index (χ0) is 20.0. The van der Waals surface area contributed by atoms with Crippen molar-refractivity contribution in [3.63, 3.8) is 0 Å². The molecular weight excluding hydrogens is 370 g/mol. The number of nitrogens with zero attached hydrogens (tertiary/aromatic N) is 1. The predicted octanol–water partition coefficient (Wildman–Crippen LogP) is 4.16. The molecule has 0 bridgehead atoms. The highest BCUT2D eigenvalue weighted by atomic mass is 35.5. The molecule has 2 aromatic rings. The lowest BCUT2D eigenvalue weighted by Crippen LogP contribution is -2.23. The van der Waals surface area contributed by atoms with Crippen molar-refractivity contribution in [1.29, 1.82) is 0 Å². The highest BCUT2D eigenvalue weighted by Gasteiger charge is 2.16. The van der Waals surface area contributed by atoms with Gasteiger partial charge in [-0.25, -0.2) is 0 Å². The molecule has 0 spiro atoms. The molecule has 7 nitrogen and oxygen atoms in total. The smallest absolute Gasteiger partial charge is 0.270 e. The Morgan fingerprint density at radius 3 is 2.63 bits per heavy atom. The Kier molecular flexibility index (Phi) is 6.90. The molecule has 27 heavy (non-hydrogen) atoms. The van der Waals surface area contributed by atoms with Crippen LogP contribution in [0.4, 0.5) is 11.4 Å². The van der Waals surface area contributed by atoms with Gasteiger partial charge in [-0.05, 0) is 30.2 Å². The molecule has 0 saturated heterocycles. The molecule has 2 amide bonds. The van der Waals surface area contributed by atoms with E-state index < -0.39 is 10.8 Å². The van der Waals surface area contributed by atoms with E-state index >= 15 is 0 Å². The van der Waals surface area contributed by atoms with Gasteiger partial charge in [-0.1, -0.05) is 37.6 Å². The molecular formula is C19H20ClN3O4. The minimum atomic E-state index is -0.587. The van der Waals surface area contributed by atoms with E-state index in [2.05, 4.69) is 10.6 Å². The maximum atomic E-state index is 12.3. The number of non-ortho nitro benzene ring substituents is 1. The average Bonchev–Trinajstić information content (AvgIpc) is 2.65. The van der Waals surface area contributed by atoms with E-state index in [1.165, 1.54) is 12.1 Å². The Morgan fingerprint density at radius 1 is 1.22 bits per heavy atom. The summed E-state index contributed by atoms with van der Waals surface area (Å²) in [4.78, 5) is 34.6. The van der Waals surface area contributed by atoms with Crippen LogP contribution in [0.5, 0.6) is 0 Å². The minimum Gasteiger partial charge on any atom is -0.348 e. The number of nitro groups is 1. The summed E-state index contributed by atoms with van der Waals surface area (Å²) in [6.07, 6.45) is 0.742. The van der Waals surface area contributed by atoms with E-state index in [9.17, 15) is 19.7 Å². The van der Waals surface area contributed by atoms with Gasteiger partial charge < -0.3 is 10.6 Å². The molecule has 142 valence electrons. The molecule has 0 heterocycles. The minimum absolute atomic E-state index is 0.0343. The average molecular weight is 390 g/mol. The van der Waals surface area contributed by atoms with Gasteiger partial charge >= 0.3 is 0 Å². The maximum absolute atomic E-state index is 12.3. The van der Waals surface area contributed by atoms with E-state index in [1.807, 2.05) is 13.8 Å². The van der Waals surface area contributed by atoms with Gasteiger partial charge in [-0.3, -0.25) is 19.7 Å². The molecule has 0 saturated carbocycles. The Hall–Kier alpha value is -2.93. The van der Waals surface area contributed by atoms with Crippen LogP contribution in [0.15, 0.2) is 42.5 Å². The lowest BCUT2D eigenvalue weighted by atomic mass is 10.1. The molecule has 2 rings (SSSR count). The van der Waals surface area contributed by atoms with Crippen molar-refractivity contribution >= 4 is 34.8 Å². The van der Waals surface area contributed by atoms with Crippen LogP contribution < -0.4 is 10.6 Å². The Morgan fingerprint density at radius 2 is 1.96 bits per heavy atom. The van der Waals surface area contributed by atoms with Gasteiger partial charge in [0.05, 0.1) is 15.5 Å². The number of nitrogens with one attached hydrogen (secondary N) is 2. The zero-order valence-electron chi connectivity index (χ0n) is 15.0. The molecule has 0 aliphatic heterocycles. The van der Waals surface area contributed by atoms with Gasteiger partial charge in [0.25, 0.3) is 11.6 Å². The molecule has 0 aromatic heterocycles.